The van der Waals surface area contributed by atoms with Crippen LogP contribution in [0.1, 0.15) is 38.5 Å². The van der Waals surface area contributed by atoms with E-state index < -0.39 is 11.6 Å². The number of hydrogen-bond acceptors (Lipinski definition) is 4. The zero-order chi connectivity index (χ0) is 14.0. The first-order chi connectivity index (χ1) is 8.92. The Morgan fingerprint density at radius 1 is 1.37 bits per heavy atom. The monoisotopic (exact) mass is 269 g/mol. The standard InChI is InChI=1S/C14H27N3O2/c1-16(2)9-11-8-12(18)10-17(11)13(19)14(15)6-4-3-5-7-14/h11-12,18H,3-10,15H2,1-2H3. The Hall–Kier alpha value is -0.650. The number of aliphatic hydroxyl groups excluding tert-OH is 1. The molecule has 1 saturated carbocycles. The van der Waals surface area contributed by atoms with Gasteiger partial charge in [-0.1, -0.05) is 19.3 Å². The van der Waals surface area contributed by atoms with Crippen LogP contribution in [-0.2, 0) is 4.79 Å². The van der Waals surface area contributed by atoms with Crippen molar-refractivity contribution in [3.63, 3.8) is 0 Å². The maximum atomic E-state index is 12.7. The summed E-state index contributed by atoms with van der Waals surface area (Å²) in [5.41, 5.74) is 5.65. The highest BCUT2D eigenvalue weighted by Crippen LogP contribution is 2.30. The second-order valence-corrected chi connectivity index (χ2v) is 6.48. The van der Waals surface area contributed by atoms with Gasteiger partial charge in [0, 0.05) is 19.1 Å². The maximum Gasteiger partial charge on any atom is 0.243 e. The van der Waals surface area contributed by atoms with Crippen LogP contribution in [0.5, 0.6) is 0 Å². The quantitative estimate of drug-likeness (QED) is 0.766. The van der Waals surface area contributed by atoms with Crippen molar-refractivity contribution in [1.29, 1.82) is 0 Å². The first kappa shape index (κ1) is 14.8. The zero-order valence-electron chi connectivity index (χ0n) is 12.1. The number of carbonyl (C=O) groups excluding carboxylic acids is 1. The predicted octanol–water partition coefficient (Wildman–Crippen LogP) is 0.171. The summed E-state index contributed by atoms with van der Waals surface area (Å²) in [6, 6.07) is 0.0971. The Labute approximate surface area is 115 Å². The number of nitrogens with two attached hydrogens (primary N) is 1. The van der Waals surface area contributed by atoms with Crippen molar-refractivity contribution < 1.29 is 9.90 Å². The van der Waals surface area contributed by atoms with Crippen molar-refractivity contribution in [1.82, 2.24) is 9.80 Å². The molecule has 5 nitrogen and oxygen atoms in total. The molecule has 19 heavy (non-hydrogen) atoms. The van der Waals surface area contributed by atoms with Gasteiger partial charge in [-0.3, -0.25) is 4.79 Å². The summed E-state index contributed by atoms with van der Waals surface area (Å²) < 4.78 is 0. The zero-order valence-corrected chi connectivity index (χ0v) is 12.1. The van der Waals surface area contributed by atoms with E-state index in [2.05, 4.69) is 4.90 Å². The van der Waals surface area contributed by atoms with E-state index in [0.29, 0.717) is 13.0 Å². The molecule has 2 fully saturated rings. The molecule has 1 saturated heterocycles. The van der Waals surface area contributed by atoms with Gasteiger partial charge in [-0.25, -0.2) is 0 Å². The maximum absolute atomic E-state index is 12.7. The highest BCUT2D eigenvalue weighted by molar-refractivity contribution is 5.86. The number of hydrogen-bond donors (Lipinski definition) is 2. The Kier molecular flexibility index (Phi) is 4.48. The topological polar surface area (TPSA) is 69.8 Å². The number of nitrogens with zero attached hydrogens (tertiary/aromatic N) is 2. The molecular weight excluding hydrogens is 242 g/mol. The number of amides is 1. The number of likely N-dealkylation sites (N-methyl/N-ethyl adjacent to an activating group) is 1. The van der Waals surface area contributed by atoms with E-state index in [1.165, 1.54) is 6.42 Å². The lowest BCUT2D eigenvalue weighted by atomic mass is 9.81. The molecule has 2 unspecified atom stereocenters. The number of aliphatic hydroxyl groups is 1. The van der Waals surface area contributed by atoms with E-state index in [9.17, 15) is 9.90 Å². The van der Waals surface area contributed by atoms with Crippen molar-refractivity contribution >= 4 is 5.91 Å². The number of β-amino-alcohol motifs (C(OH)–C–C–N with tert-alkyl or cyclic N) is 1. The molecule has 5 heteroatoms. The summed E-state index contributed by atoms with van der Waals surface area (Å²) in [6.07, 6.45) is 5.09. The van der Waals surface area contributed by atoms with Gasteiger partial charge in [0.1, 0.15) is 0 Å². The minimum Gasteiger partial charge on any atom is -0.391 e. The van der Waals surface area contributed by atoms with Gasteiger partial charge in [0.2, 0.25) is 5.91 Å². The molecule has 1 aliphatic carbocycles. The third-order valence-electron chi connectivity index (χ3n) is 4.40. The largest absolute Gasteiger partial charge is 0.391 e. The van der Waals surface area contributed by atoms with Crippen LogP contribution < -0.4 is 5.73 Å². The SMILES string of the molecule is CN(C)CC1CC(O)CN1C(=O)C1(N)CCCCC1. The average molecular weight is 269 g/mol. The molecule has 110 valence electrons. The van der Waals surface area contributed by atoms with Crippen molar-refractivity contribution in [3.8, 4) is 0 Å². The molecule has 1 aliphatic heterocycles. The van der Waals surface area contributed by atoms with Gasteiger partial charge in [0.15, 0.2) is 0 Å². The smallest absolute Gasteiger partial charge is 0.243 e. The van der Waals surface area contributed by atoms with E-state index in [0.717, 1.165) is 32.2 Å². The predicted molar refractivity (Wildman–Crippen MR) is 74.7 cm³/mol. The van der Waals surface area contributed by atoms with Crippen LogP contribution in [0.15, 0.2) is 0 Å². The minimum atomic E-state index is -0.688. The normalized spacial score (nSPS) is 30.9. The van der Waals surface area contributed by atoms with Crippen LogP contribution >= 0.6 is 0 Å². The molecule has 0 aromatic rings. The van der Waals surface area contributed by atoms with Crippen LogP contribution in [0.2, 0.25) is 0 Å². The van der Waals surface area contributed by atoms with Crippen molar-refractivity contribution in [2.45, 2.75) is 56.2 Å². The lowest BCUT2D eigenvalue weighted by molar-refractivity contribution is -0.139. The molecule has 0 aromatic heterocycles. The Balaban J connectivity index is 2.07. The van der Waals surface area contributed by atoms with Crippen LogP contribution in [0.3, 0.4) is 0 Å². The van der Waals surface area contributed by atoms with Gasteiger partial charge in [0.25, 0.3) is 0 Å². The fraction of sp³-hybridized carbons (Fsp3) is 0.929. The Morgan fingerprint density at radius 2 is 2.00 bits per heavy atom. The number of likely N-dealkylation sites (tertiary alicyclic amines) is 1. The molecule has 3 N–H and O–H groups in total. The van der Waals surface area contributed by atoms with Gasteiger partial charge in [-0.05, 0) is 33.4 Å². The molecule has 0 bridgehead atoms. The van der Waals surface area contributed by atoms with Crippen molar-refractivity contribution in [2.24, 2.45) is 5.73 Å². The molecule has 2 atom stereocenters. The summed E-state index contributed by atoms with van der Waals surface area (Å²) in [4.78, 5) is 16.6. The second kappa shape index (κ2) is 5.77. The van der Waals surface area contributed by atoms with Crippen LogP contribution in [0.4, 0.5) is 0 Å². The third-order valence-corrected chi connectivity index (χ3v) is 4.40. The van der Waals surface area contributed by atoms with Gasteiger partial charge < -0.3 is 20.6 Å². The molecule has 2 rings (SSSR count). The minimum absolute atomic E-state index is 0.0515. The summed E-state index contributed by atoms with van der Waals surface area (Å²) in [7, 11) is 3.98. The van der Waals surface area contributed by atoms with Crippen molar-refractivity contribution in [3.05, 3.63) is 0 Å². The van der Waals surface area contributed by atoms with E-state index in [1.54, 1.807) is 0 Å². The highest BCUT2D eigenvalue weighted by Gasteiger charge is 2.43. The first-order valence-corrected chi connectivity index (χ1v) is 7.35. The van der Waals surface area contributed by atoms with Crippen LogP contribution in [0, 0.1) is 0 Å². The molecule has 0 radical (unpaired) electrons. The number of carbonyl (C=O) groups is 1. The Morgan fingerprint density at radius 3 is 2.58 bits per heavy atom. The number of rotatable bonds is 3. The molecule has 1 amide bonds. The van der Waals surface area contributed by atoms with Gasteiger partial charge in [-0.2, -0.15) is 0 Å². The Bertz CT molecular complexity index is 327. The van der Waals surface area contributed by atoms with Crippen LogP contribution in [-0.4, -0.2) is 65.7 Å². The fourth-order valence-corrected chi connectivity index (χ4v) is 3.42. The molecule has 0 aromatic carbocycles. The second-order valence-electron chi connectivity index (χ2n) is 6.48. The first-order valence-electron chi connectivity index (χ1n) is 7.35. The lowest BCUT2D eigenvalue weighted by Crippen LogP contribution is -2.58. The summed E-state index contributed by atoms with van der Waals surface area (Å²) in [5, 5.41) is 9.86. The van der Waals surface area contributed by atoms with Gasteiger partial charge in [0.05, 0.1) is 11.6 Å². The van der Waals surface area contributed by atoms with E-state index in [1.807, 2.05) is 19.0 Å². The highest BCUT2D eigenvalue weighted by atomic mass is 16.3. The van der Waals surface area contributed by atoms with Gasteiger partial charge in [-0.15, -0.1) is 0 Å². The summed E-state index contributed by atoms with van der Waals surface area (Å²) in [5.74, 6) is 0.0515. The van der Waals surface area contributed by atoms with E-state index >= 15 is 0 Å². The van der Waals surface area contributed by atoms with Crippen LogP contribution in [0.25, 0.3) is 0 Å². The van der Waals surface area contributed by atoms with Gasteiger partial charge >= 0.3 is 0 Å². The molecular formula is C14H27N3O2. The lowest BCUT2D eigenvalue weighted by Gasteiger charge is -2.38. The van der Waals surface area contributed by atoms with E-state index in [4.69, 9.17) is 5.73 Å². The summed E-state index contributed by atoms with van der Waals surface area (Å²) >= 11 is 0. The molecule has 2 aliphatic rings. The summed E-state index contributed by atoms with van der Waals surface area (Å²) in [6.45, 7) is 1.23. The molecule has 0 spiro atoms. The molecule has 1 heterocycles. The third kappa shape index (κ3) is 3.27. The average Bonchev–Trinajstić information content (AvgIpc) is 2.69. The van der Waals surface area contributed by atoms with E-state index in [-0.39, 0.29) is 11.9 Å². The van der Waals surface area contributed by atoms with Crippen molar-refractivity contribution in [2.75, 3.05) is 27.2 Å². The fourth-order valence-electron chi connectivity index (χ4n) is 3.42.